The van der Waals surface area contributed by atoms with Crippen molar-refractivity contribution in [3.63, 3.8) is 0 Å². The molecule has 0 saturated carbocycles. The number of nitrogens with zero attached hydrogens (tertiary/aromatic N) is 1. The van der Waals surface area contributed by atoms with Gasteiger partial charge in [-0.3, -0.25) is 4.79 Å². The predicted molar refractivity (Wildman–Crippen MR) is 98.8 cm³/mol. The van der Waals surface area contributed by atoms with Crippen LogP contribution in [0.3, 0.4) is 0 Å². The first kappa shape index (κ1) is 16.9. The van der Waals surface area contributed by atoms with Gasteiger partial charge >= 0.3 is 0 Å². The summed E-state index contributed by atoms with van der Waals surface area (Å²) in [6.45, 7) is 9.97. The van der Waals surface area contributed by atoms with E-state index in [0.29, 0.717) is 0 Å². The molecule has 2 rings (SSSR count). The van der Waals surface area contributed by atoms with Gasteiger partial charge in [-0.1, -0.05) is 0 Å². The summed E-state index contributed by atoms with van der Waals surface area (Å²) in [5.41, 5.74) is 5.35. The Hall–Kier alpha value is -2.49. The zero-order valence-electron chi connectivity index (χ0n) is 14.3. The summed E-state index contributed by atoms with van der Waals surface area (Å²) in [5, 5.41) is 6.19. The molecule has 2 aromatic carbocycles. The molecule has 122 valence electrons. The van der Waals surface area contributed by atoms with Gasteiger partial charge in [0, 0.05) is 42.8 Å². The summed E-state index contributed by atoms with van der Waals surface area (Å²) < 4.78 is 0. The van der Waals surface area contributed by atoms with Crippen LogP contribution in [0.4, 0.5) is 22.7 Å². The highest BCUT2D eigenvalue weighted by Crippen LogP contribution is 2.26. The first-order chi connectivity index (χ1) is 11.0. The molecule has 0 bridgehead atoms. The molecule has 23 heavy (non-hydrogen) atoms. The van der Waals surface area contributed by atoms with E-state index in [1.165, 1.54) is 18.2 Å². The molecule has 0 spiro atoms. The van der Waals surface area contributed by atoms with Gasteiger partial charge in [0.2, 0.25) is 5.91 Å². The molecule has 4 heteroatoms. The molecule has 1 amide bonds. The second-order valence-corrected chi connectivity index (χ2v) is 5.56. The Morgan fingerprint density at radius 1 is 1.00 bits per heavy atom. The van der Waals surface area contributed by atoms with Crippen LogP contribution >= 0.6 is 0 Å². The molecule has 0 atom stereocenters. The third-order valence-corrected chi connectivity index (χ3v) is 3.82. The lowest BCUT2D eigenvalue weighted by molar-refractivity contribution is -0.114. The molecule has 4 nitrogen and oxygen atoms in total. The molecule has 0 fully saturated rings. The maximum Gasteiger partial charge on any atom is 0.221 e. The maximum absolute atomic E-state index is 11.0. The smallest absolute Gasteiger partial charge is 0.221 e. The number of benzene rings is 2. The van der Waals surface area contributed by atoms with Crippen molar-refractivity contribution in [1.82, 2.24) is 0 Å². The van der Waals surface area contributed by atoms with E-state index in [4.69, 9.17) is 0 Å². The van der Waals surface area contributed by atoms with Crippen LogP contribution < -0.4 is 15.5 Å². The Morgan fingerprint density at radius 2 is 1.61 bits per heavy atom. The molecule has 2 N–H and O–H groups in total. The number of carbonyl (C=O) groups excluding carboxylic acids is 1. The lowest BCUT2D eigenvalue weighted by atomic mass is 10.1. The Morgan fingerprint density at radius 3 is 2.13 bits per heavy atom. The third-order valence-electron chi connectivity index (χ3n) is 3.82. The average molecular weight is 311 g/mol. The van der Waals surface area contributed by atoms with Crippen molar-refractivity contribution in [3.8, 4) is 0 Å². The quantitative estimate of drug-likeness (QED) is 0.823. The van der Waals surface area contributed by atoms with E-state index in [9.17, 15) is 4.79 Å². The number of rotatable bonds is 6. The van der Waals surface area contributed by atoms with E-state index in [0.717, 1.165) is 30.2 Å². The van der Waals surface area contributed by atoms with Crippen molar-refractivity contribution in [2.45, 2.75) is 27.7 Å². The van der Waals surface area contributed by atoms with Crippen molar-refractivity contribution < 1.29 is 4.79 Å². The molecule has 0 radical (unpaired) electrons. The zero-order valence-corrected chi connectivity index (χ0v) is 14.3. The fraction of sp³-hybridized carbons (Fsp3) is 0.316. The topological polar surface area (TPSA) is 44.4 Å². The molecular formula is C19H25N3O. The summed E-state index contributed by atoms with van der Waals surface area (Å²) >= 11 is 0. The van der Waals surface area contributed by atoms with Crippen molar-refractivity contribution >= 4 is 28.7 Å². The van der Waals surface area contributed by atoms with Gasteiger partial charge in [0.05, 0.1) is 0 Å². The highest BCUT2D eigenvalue weighted by Gasteiger charge is 2.05. The van der Waals surface area contributed by atoms with Crippen molar-refractivity contribution in [1.29, 1.82) is 0 Å². The lowest BCUT2D eigenvalue weighted by Gasteiger charge is -2.22. The van der Waals surface area contributed by atoms with Gasteiger partial charge in [-0.2, -0.15) is 0 Å². The number of nitrogens with one attached hydrogen (secondary N) is 2. The number of hydrogen-bond donors (Lipinski definition) is 2. The van der Waals surface area contributed by atoms with Crippen LogP contribution in [0.5, 0.6) is 0 Å². The molecule has 2 aromatic rings. The van der Waals surface area contributed by atoms with Gasteiger partial charge in [-0.05, 0) is 68.8 Å². The van der Waals surface area contributed by atoms with E-state index in [1.54, 1.807) is 0 Å². The van der Waals surface area contributed by atoms with Gasteiger partial charge in [-0.25, -0.2) is 0 Å². The molecular weight excluding hydrogens is 286 g/mol. The lowest BCUT2D eigenvalue weighted by Crippen LogP contribution is -2.21. The van der Waals surface area contributed by atoms with Gasteiger partial charge in [-0.15, -0.1) is 0 Å². The summed E-state index contributed by atoms with van der Waals surface area (Å²) in [6.07, 6.45) is 0. The molecule has 0 aliphatic heterocycles. The van der Waals surface area contributed by atoms with Gasteiger partial charge in [0.25, 0.3) is 0 Å². The Kier molecular flexibility index (Phi) is 5.63. The first-order valence-corrected chi connectivity index (χ1v) is 8.03. The first-order valence-electron chi connectivity index (χ1n) is 8.03. The summed E-state index contributed by atoms with van der Waals surface area (Å²) in [4.78, 5) is 13.4. The monoisotopic (exact) mass is 311 g/mol. The van der Waals surface area contributed by atoms with E-state index in [1.807, 2.05) is 24.3 Å². The number of carbonyl (C=O) groups is 1. The number of anilines is 4. The molecule has 0 saturated heterocycles. The summed E-state index contributed by atoms with van der Waals surface area (Å²) in [7, 11) is 0. The van der Waals surface area contributed by atoms with Gasteiger partial charge in [0.15, 0.2) is 0 Å². The molecule has 0 heterocycles. The fourth-order valence-corrected chi connectivity index (χ4v) is 2.57. The van der Waals surface area contributed by atoms with Crippen LogP contribution in [-0.4, -0.2) is 19.0 Å². The normalized spacial score (nSPS) is 10.3. The Labute approximate surface area is 138 Å². The average Bonchev–Trinajstić information content (AvgIpc) is 2.52. The second-order valence-electron chi connectivity index (χ2n) is 5.56. The molecule has 0 aliphatic rings. The van der Waals surface area contributed by atoms with Crippen molar-refractivity contribution in [2.24, 2.45) is 0 Å². The van der Waals surface area contributed by atoms with Crippen LogP contribution in [-0.2, 0) is 4.79 Å². The van der Waals surface area contributed by atoms with Crippen LogP contribution in [0.25, 0.3) is 0 Å². The minimum atomic E-state index is -0.0615. The van der Waals surface area contributed by atoms with Gasteiger partial charge in [0.1, 0.15) is 0 Å². The van der Waals surface area contributed by atoms with Crippen molar-refractivity contribution in [2.75, 3.05) is 28.6 Å². The highest BCUT2D eigenvalue weighted by molar-refractivity contribution is 5.88. The van der Waals surface area contributed by atoms with Crippen molar-refractivity contribution in [3.05, 3.63) is 48.0 Å². The standard InChI is InChI=1S/C19H25N3O/c1-5-22(6-2)18-11-12-19(14(3)13-18)21-17-9-7-16(8-10-17)20-15(4)23/h7-13,21H,5-6H2,1-4H3,(H,20,23). The zero-order chi connectivity index (χ0) is 16.8. The maximum atomic E-state index is 11.0. The fourth-order valence-electron chi connectivity index (χ4n) is 2.57. The SMILES string of the molecule is CCN(CC)c1ccc(Nc2ccc(NC(C)=O)cc2)c(C)c1. The summed E-state index contributed by atoms with van der Waals surface area (Å²) in [6, 6.07) is 14.2. The minimum Gasteiger partial charge on any atom is -0.372 e. The van der Waals surface area contributed by atoms with Crippen LogP contribution in [0.1, 0.15) is 26.3 Å². The van der Waals surface area contributed by atoms with E-state index < -0.39 is 0 Å². The predicted octanol–water partition coefficient (Wildman–Crippen LogP) is 4.54. The molecule has 0 unspecified atom stereocenters. The van der Waals surface area contributed by atoms with E-state index in [-0.39, 0.29) is 5.91 Å². The third kappa shape index (κ3) is 4.49. The molecule has 0 aliphatic carbocycles. The van der Waals surface area contributed by atoms with Crippen LogP contribution in [0.2, 0.25) is 0 Å². The highest BCUT2D eigenvalue weighted by atomic mass is 16.1. The van der Waals surface area contributed by atoms with E-state index >= 15 is 0 Å². The number of amides is 1. The Bertz CT molecular complexity index is 661. The molecule has 0 aromatic heterocycles. The second kappa shape index (κ2) is 7.68. The number of aryl methyl sites for hydroxylation is 1. The van der Waals surface area contributed by atoms with Gasteiger partial charge < -0.3 is 15.5 Å². The van der Waals surface area contributed by atoms with E-state index in [2.05, 4.69) is 54.5 Å². The van der Waals surface area contributed by atoms with Crippen LogP contribution in [0.15, 0.2) is 42.5 Å². The minimum absolute atomic E-state index is 0.0615. The number of hydrogen-bond acceptors (Lipinski definition) is 3. The summed E-state index contributed by atoms with van der Waals surface area (Å²) in [5.74, 6) is -0.0615. The Balaban J connectivity index is 2.12. The largest absolute Gasteiger partial charge is 0.372 e. The van der Waals surface area contributed by atoms with Crippen LogP contribution in [0, 0.1) is 6.92 Å².